The standard InChI is InChI=1S/C14H17NO2/c1-8-3-2-4-10-7-11(14(16)17)13(9-5-6-9)15-12(8)10/h7-9H,2-6H2,1H3,(H,16,17). The van der Waals surface area contributed by atoms with Crippen LogP contribution in [0.4, 0.5) is 0 Å². The monoisotopic (exact) mass is 231 g/mol. The third kappa shape index (κ3) is 1.84. The van der Waals surface area contributed by atoms with E-state index in [1.165, 1.54) is 6.42 Å². The molecule has 1 atom stereocenters. The summed E-state index contributed by atoms with van der Waals surface area (Å²) in [5.74, 6) is 0.0695. The third-order valence-corrected chi connectivity index (χ3v) is 3.91. The second kappa shape index (κ2) is 3.83. The summed E-state index contributed by atoms with van der Waals surface area (Å²) in [5.41, 5.74) is 3.60. The van der Waals surface area contributed by atoms with E-state index < -0.39 is 5.97 Å². The topological polar surface area (TPSA) is 50.2 Å². The maximum Gasteiger partial charge on any atom is 0.337 e. The van der Waals surface area contributed by atoms with Gasteiger partial charge in [0, 0.05) is 11.6 Å². The Morgan fingerprint density at radius 1 is 1.35 bits per heavy atom. The maximum atomic E-state index is 11.3. The maximum absolute atomic E-state index is 11.3. The Bertz CT molecular complexity index is 477. The molecule has 0 saturated heterocycles. The minimum Gasteiger partial charge on any atom is -0.478 e. The smallest absolute Gasteiger partial charge is 0.337 e. The van der Waals surface area contributed by atoms with Crippen molar-refractivity contribution in [3.8, 4) is 0 Å². The van der Waals surface area contributed by atoms with Crippen molar-refractivity contribution in [2.24, 2.45) is 0 Å². The number of carboxylic acid groups (broad SMARTS) is 1. The number of aromatic carboxylic acids is 1. The molecule has 1 aromatic rings. The molecule has 0 aliphatic heterocycles. The van der Waals surface area contributed by atoms with Crippen LogP contribution in [0.3, 0.4) is 0 Å². The van der Waals surface area contributed by atoms with Crippen LogP contribution in [0.5, 0.6) is 0 Å². The molecule has 2 aliphatic carbocycles. The minimum atomic E-state index is -0.819. The van der Waals surface area contributed by atoms with Crippen molar-refractivity contribution in [2.45, 2.75) is 50.9 Å². The van der Waals surface area contributed by atoms with Gasteiger partial charge in [-0.15, -0.1) is 0 Å². The summed E-state index contributed by atoms with van der Waals surface area (Å²) < 4.78 is 0. The molecule has 1 fully saturated rings. The van der Waals surface area contributed by atoms with Crippen molar-refractivity contribution in [1.29, 1.82) is 0 Å². The number of carboxylic acids is 1. The lowest BCUT2D eigenvalue weighted by Crippen LogP contribution is -2.14. The van der Waals surface area contributed by atoms with E-state index in [4.69, 9.17) is 4.98 Å². The fourth-order valence-corrected chi connectivity index (χ4v) is 2.79. The van der Waals surface area contributed by atoms with Gasteiger partial charge in [0.15, 0.2) is 0 Å². The molecule has 2 aliphatic rings. The van der Waals surface area contributed by atoms with Crippen LogP contribution < -0.4 is 0 Å². The van der Waals surface area contributed by atoms with Gasteiger partial charge in [-0.3, -0.25) is 4.98 Å². The summed E-state index contributed by atoms with van der Waals surface area (Å²) in [5, 5.41) is 9.27. The number of nitrogens with zero attached hydrogens (tertiary/aromatic N) is 1. The zero-order valence-electron chi connectivity index (χ0n) is 10.1. The summed E-state index contributed by atoms with van der Waals surface area (Å²) in [6.07, 6.45) is 5.51. The van der Waals surface area contributed by atoms with Crippen LogP contribution in [-0.2, 0) is 6.42 Å². The Hall–Kier alpha value is -1.38. The van der Waals surface area contributed by atoms with E-state index in [0.717, 1.165) is 42.6 Å². The predicted octanol–water partition coefficient (Wildman–Crippen LogP) is 3.10. The Balaban J connectivity index is 2.13. The van der Waals surface area contributed by atoms with Crippen molar-refractivity contribution >= 4 is 5.97 Å². The van der Waals surface area contributed by atoms with Gasteiger partial charge in [0.25, 0.3) is 0 Å². The van der Waals surface area contributed by atoms with E-state index in [1.54, 1.807) is 0 Å². The second-order valence-electron chi connectivity index (χ2n) is 5.34. The molecule has 1 heterocycles. The van der Waals surface area contributed by atoms with Crippen molar-refractivity contribution in [3.05, 3.63) is 28.6 Å². The van der Waals surface area contributed by atoms with Gasteiger partial charge in [0.2, 0.25) is 0 Å². The minimum absolute atomic E-state index is 0.403. The number of aryl methyl sites for hydroxylation is 1. The zero-order valence-corrected chi connectivity index (χ0v) is 10.1. The highest BCUT2D eigenvalue weighted by Crippen LogP contribution is 2.42. The highest BCUT2D eigenvalue weighted by atomic mass is 16.4. The highest BCUT2D eigenvalue weighted by Gasteiger charge is 2.32. The van der Waals surface area contributed by atoms with Crippen LogP contribution in [0.25, 0.3) is 0 Å². The van der Waals surface area contributed by atoms with Crippen LogP contribution in [-0.4, -0.2) is 16.1 Å². The van der Waals surface area contributed by atoms with E-state index in [0.29, 0.717) is 17.4 Å². The van der Waals surface area contributed by atoms with Crippen LogP contribution in [0.1, 0.15) is 71.8 Å². The van der Waals surface area contributed by atoms with Crippen molar-refractivity contribution in [2.75, 3.05) is 0 Å². The first-order valence-corrected chi connectivity index (χ1v) is 6.44. The third-order valence-electron chi connectivity index (χ3n) is 3.91. The largest absolute Gasteiger partial charge is 0.478 e. The van der Waals surface area contributed by atoms with E-state index in [1.807, 2.05) is 6.07 Å². The molecule has 3 nitrogen and oxygen atoms in total. The van der Waals surface area contributed by atoms with E-state index in [9.17, 15) is 9.90 Å². The molecule has 3 heteroatoms. The molecule has 0 spiro atoms. The van der Waals surface area contributed by atoms with Crippen molar-refractivity contribution < 1.29 is 9.90 Å². The number of pyridine rings is 1. The van der Waals surface area contributed by atoms with Crippen LogP contribution in [0, 0.1) is 0 Å². The van der Waals surface area contributed by atoms with Gasteiger partial charge in [-0.1, -0.05) is 6.92 Å². The number of rotatable bonds is 2. The van der Waals surface area contributed by atoms with Gasteiger partial charge in [-0.2, -0.15) is 0 Å². The number of hydrogen-bond acceptors (Lipinski definition) is 2. The number of hydrogen-bond donors (Lipinski definition) is 1. The second-order valence-corrected chi connectivity index (χ2v) is 5.34. The first kappa shape index (κ1) is 10.8. The Kier molecular flexibility index (Phi) is 2.42. The highest BCUT2D eigenvalue weighted by molar-refractivity contribution is 5.89. The predicted molar refractivity (Wildman–Crippen MR) is 64.5 cm³/mol. The molecule has 17 heavy (non-hydrogen) atoms. The van der Waals surface area contributed by atoms with Gasteiger partial charge >= 0.3 is 5.97 Å². The molecule has 1 saturated carbocycles. The molecule has 1 unspecified atom stereocenters. The molecule has 0 radical (unpaired) electrons. The van der Waals surface area contributed by atoms with Crippen LogP contribution in [0.2, 0.25) is 0 Å². The van der Waals surface area contributed by atoms with Gasteiger partial charge in [0.1, 0.15) is 0 Å². The van der Waals surface area contributed by atoms with Gasteiger partial charge in [-0.05, 0) is 49.7 Å². The zero-order chi connectivity index (χ0) is 12.0. The van der Waals surface area contributed by atoms with Gasteiger partial charge in [0.05, 0.1) is 11.3 Å². The summed E-state index contributed by atoms with van der Waals surface area (Å²) in [6, 6.07) is 1.88. The first-order valence-electron chi connectivity index (χ1n) is 6.44. The van der Waals surface area contributed by atoms with Crippen molar-refractivity contribution in [3.63, 3.8) is 0 Å². The van der Waals surface area contributed by atoms with E-state index in [-0.39, 0.29) is 0 Å². The van der Waals surface area contributed by atoms with Gasteiger partial charge < -0.3 is 5.11 Å². The number of aromatic nitrogens is 1. The Morgan fingerprint density at radius 2 is 2.12 bits per heavy atom. The van der Waals surface area contributed by atoms with Crippen molar-refractivity contribution in [1.82, 2.24) is 4.98 Å². The number of carbonyl (C=O) groups is 1. The summed E-state index contributed by atoms with van der Waals surface area (Å²) in [4.78, 5) is 16.0. The lowest BCUT2D eigenvalue weighted by atomic mass is 9.86. The molecule has 90 valence electrons. The number of fused-ring (bicyclic) bond motifs is 1. The molecule has 1 aromatic heterocycles. The van der Waals surface area contributed by atoms with Crippen LogP contribution in [0.15, 0.2) is 6.07 Å². The fraction of sp³-hybridized carbons (Fsp3) is 0.571. The molecular formula is C14H17NO2. The SMILES string of the molecule is CC1CCCc2cc(C(=O)O)c(C3CC3)nc21. The van der Waals surface area contributed by atoms with E-state index >= 15 is 0 Å². The Morgan fingerprint density at radius 3 is 2.76 bits per heavy atom. The molecule has 1 N–H and O–H groups in total. The molecule has 0 aromatic carbocycles. The lowest BCUT2D eigenvalue weighted by molar-refractivity contribution is 0.0694. The first-order chi connectivity index (χ1) is 8.16. The molecule has 0 bridgehead atoms. The molecule has 3 rings (SSSR count). The normalized spacial score (nSPS) is 23.2. The summed E-state index contributed by atoms with van der Waals surface area (Å²) in [7, 11) is 0. The van der Waals surface area contributed by atoms with Gasteiger partial charge in [-0.25, -0.2) is 4.79 Å². The quantitative estimate of drug-likeness (QED) is 0.850. The molecule has 0 amide bonds. The molecular weight excluding hydrogens is 214 g/mol. The average Bonchev–Trinajstić information content (AvgIpc) is 3.12. The Labute approximate surface area is 101 Å². The van der Waals surface area contributed by atoms with E-state index in [2.05, 4.69) is 6.92 Å². The summed E-state index contributed by atoms with van der Waals surface area (Å²) >= 11 is 0. The van der Waals surface area contributed by atoms with Crippen LogP contribution >= 0.6 is 0 Å². The summed E-state index contributed by atoms with van der Waals surface area (Å²) in [6.45, 7) is 2.20. The average molecular weight is 231 g/mol. The lowest BCUT2D eigenvalue weighted by Gasteiger charge is -2.22. The fourth-order valence-electron chi connectivity index (χ4n) is 2.79.